The van der Waals surface area contributed by atoms with Crippen molar-refractivity contribution in [1.29, 1.82) is 0 Å². The summed E-state index contributed by atoms with van der Waals surface area (Å²) in [5, 5.41) is 1.09. The first-order valence-corrected chi connectivity index (χ1v) is 6.94. The van der Waals surface area contributed by atoms with Crippen LogP contribution in [0.15, 0.2) is 30.3 Å². The highest BCUT2D eigenvalue weighted by Crippen LogP contribution is 2.19. The van der Waals surface area contributed by atoms with Crippen LogP contribution < -0.4 is 4.84 Å². The molecule has 19 heavy (non-hydrogen) atoms. The summed E-state index contributed by atoms with van der Waals surface area (Å²) in [6.07, 6.45) is 2.51. The summed E-state index contributed by atoms with van der Waals surface area (Å²) in [6.45, 7) is 6.17. The SMILES string of the molecule is CCC(CC)CC(=O)On1c(C)cc2ccccc21. The van der Waals surface area contributed by atoms with Gasteiger partial charge in [-0.15, -0.1) is 0 Å². The summed E-state index contributed by atoms with van der Waals surface area (Å²) in [6, 6.07) is 9.95. The fourth-order valence-corrected chi connectivity index (χ4v) is 2.34. The molecule has 3 nitrogen and oxygen atoms in total. The number of aryl methyl sites for hydroxylation is 1. The Kier molecular flexibility index (Phi) is 4.25. The molecular weight excluding hydrogens is 238 g/mol. The van der Waals surface area contributed by atoms with Crippen molar-refractivity contribution in [2.45, 2.75) is 40.0 Å². The van der Waals surface area contributed by atoms with Crippen molar-refractivity contribution >= 4 is 16.9 Å². The second kappa shape index (κ2) is 5.91. The number of aromatic nitrogens is 1. The molecule has 0 unspecified atom stereocenters. The van der Waals surface area contributed by atoms with E-state index in [1.54, 1.807) is 4.73 Å². The smallest absolute Gasteiger partial charge is 0.333 e. The number of carbonyl (C=O) groups excluding carboxylic acids is 1. The Morgan fingerprint density at radius 2 is 1.95 bits per heavy atom. The summed E-state index contributed by atoms with van der Waals surface area (Å²) < 4.78 is 1.64. The number of hydrogen-bond donors (Lipinski definition) is 0. The molecule has 2 aromatic rings. The Bertz CT molecular complexity index is 567. The largest absolute Gasteiger partial charge is 0.336 e. The molecule has 0 bridgehead atoms. The van der Waals surface area contributed by atoms with E-state index in [-0.39, 0.29) is 5.97 Å². The Labute approximate surface area is 114 Å². The second-order valence-electron chi connectivity index (χ2n) is 4.99. The topological polar surface area (TPSA) is 31.2 Å². The fourth-order valence-electron chi connectivity index (χ4n) is 2.34. The van der Waals surface area contributed by atoms with Crippen LogP contribution in [0.3, 0.4) is 0 Å². The highest BCUT2D eigenvalue weighted by molar-refractivity contribution is 5.82. The number of benzene rings is 1. The van der Waals surface area contributed by atoms with E-state index >= 15 is 0 Å². The summed E-state index contributed by atoms with van der Waals surface area (Å²) >= 11 is 0. The van der Waals surface area contributed by atoms with Crippen LogP contribution in [0, 0.1) is 12.8 Å². The molecule has 0 aliphatic heterocycles. The van der Waals surface area contributed by atoms with Crippen LogP contribution in [0.2, 0.25) is 0 Å². The van der Waals surface area contributed by atoms with Gasteiger partial charge in [0, 0.05) is 5.39 Å². The van der Waals surface area contributed by atoms with Gasteiger partial charge in [0.05, 0.1) is 17.6 Å². The first-order chi connectivity index (χ1) is 9.15. The predicted octanol–water partition coefficient (Wildman–Crippen LogP) is 3.73. The number of rotatable bonds is 5. The zero-order chi connectivity index (χ0) is 13.8. The molecule has 0 saturated heterocycles. The maximum Gasteiger partial charge on any atom is 0.333 e. The van der Waals surface area contributed by atoms with Crippen LogP contribution in [-0.4, -0.2) is 10.7 Å². The van der Waals surface area contributed by atoms with Crippen LogP contribution in [0.25, 0.3) is 10.9 Å². The number of nitrogens with zero attached hydrogens (tertiary/aromatic N) is 1. The van der Waals surface area contributed by atoms with E-state index in [2.05, 4.69) is 13.8 Å². The molecule has 0 atom stereocenters. The van der Waals surface area contributed by atoms with Gasteiger partial charge in [0.15, 0.2) is 0 Å². The summed E-state index contributed by atoms with van der Waals surface area (Å²) in [7, 11) is 0. The number of carbonyl (C=O) groups is 1. The minimum absolute atomic E-state index is 0.154. The maximum atomic E-state index is 12.0. The standard InChI is InChI=1S/C16H21NO2/c1-4-13(5-2)11-16(18)19-17-12(3)10-14-8-6-7-9-15(14)17/h6-10,13H,4-5,11H2,1-3H3. The van der Waals surface area contributed by atoms with Crippen LogP contribution in [-0.2, 0) is 4.79 Å². The Morgan fingerprint density at radius 1 is 1.26 bits per heavy atom. The summed E-state index contributed by atoms with van der Waals surface area (Å²) in [4.78, 5) is 17.5. The van der Waals surface area contributed by atoms with E-state index in [9.17, 15) is 4.79 Å². The zero-order valence-electron chi connectivity index (χ0n) is 11.8. The number of para-hydroxylation sites is 1. The van der Waals surface area contributed by atoms with E-state index < -0.39 is 0 Å². The van der Waals surface area contributed by atoms with Crippen molar-refractivity contribution < 1.29 is 9.63 Å². The van der Waals surface area contributed by atoms with Gasteiger partial charge in [-0.05, 0) is 25.0 Å². The van der Waals surface area contributed by atoms with Gasteiger partial charge in [0.25, 0.3) is 0 Å². The lowest BCUT2D eigenvalue weighted by atomic mass is 10.00. The number of fused-ring (bicyclic) bond motifs is 1. The van der Waals surface area contributed by atoms with Gasteiger partial charge < -0.3 is 4.84 Å². The average Bonchev–Trinajstić information content (AvgIpc) is 2.72. The molecule has 0 aliphatic carbocycles. The first-order valence-electron chi connectivity index (χ1n) is 6.94. The first kappa shape index (κ1) is 13.7. The van der Waals surface area contributed by atoms with Crippen molar-refractivity contribution in [3.05, 3.63) is 36.0 Å². The third kappa shape index (κ3) is 2.98. The molecule has 3 heteroatoms. The number of hydrogen-bond acceptors (Lipinski definition) is 2. The van der Waals surface area contributed by atoms with E-state index in [1.807, 2.05) is 37.3 Å². The molecule has 0 aliphatic rings. The monoisotopic (exact) mass is 259 g/mol. The third-order valence-electron chi connectivity index (χ3n) is 3.64. The molecule has 1 aromatic heterocycles. The van der Waals surface area contributed by atoms with Gasteiger partial charge in [-0.2, -0.15) is 4.73 Å². The van der Waals surface area contributed by atoms with Crippen molar-refractivity contribution in [3.8, 4) is 0 Å². The van der Waals surface area contributed by atoms with Crippen LogP contribution in [0.4, 0.5) is 0 Å². The molecule has 0 spiro atoms. The van der Waals surface area contributed by atoms with Crippen LogP contribution >= 0.6 is 0 Å². The lowest BCUT2D eigenvalue weighted by Gasteiger charge is -2.13. The fraction of sp³-hybridized carbons (Fsp3) is 0.438. The molecule has 0 saturated carbocycles. The minimum Gasteiger partial charge on any atom is -0.336 e. The van der Waals surface area contributed by atoms with Crippen molar-refractivity contribution in [2.75, 3.05) is 0 Å². The molecule has 0 radical (unpaired) electrons. The third-order valence-corrected chi connectivity index (χ3v) is 3.64. The lowest BCUT2D eigenvalue weighted by Crippen LogP contribution is -2.22. The highest BCUT2D eigenvalue weighted by atomic mass is 16.7. The molecule has 1 aromatic carbocycles. The van der Waals surface area contributed by atoms with Crippen LogP contribution in [0.1, 0.15) is 38.8 Å². The normalized spacial score (nSPS) is 11.2. The molecule has 0 amide bonds. The Morgan fingerprint density at radius 3 is 2.63 bits per heavy atom. The van der Waals surface area contributed by atoms with E-state index in [0.717, 1.165) is 29.4 Å². The van der Waals surface area contributed by atoms with Gasteiger partial charge in [-0.3, -0.25) is 0 Å². The van der Waals surface area contributed by atoms with Gasteiger partial charge in [-0.25, -0.2) is 4.79 Å². The molecular formula is C16H21NO2. The molecule has 0 fully saturated rings. The van der Waals surface area contributed by atoms with Crippen molar-refractivity contribution in [3.63, 3.8) is 0 Å². The van der Waals surface area contributed by atoms with E-state index in [4.69, 9.17) is 4.84 Å². The Balaban J connectivity index is 2.17. The molecule has 1 heterocycles. The molecule has 102 valence electrons. The summed E-state index contributed by atoms with van der Waals surface area (Å²) in [5.74, 6) is 0.257. The average molecular weight is 259 g/mol. The predicted molar refractivity (Wildman–Crippen MR) is 77.0 cm³/mol. The van der Waals surface area contributed by atoms with E-state index in [1.165, 1.54) is 0 Å². The molecule has 0 N–H and O–H groups in total. The minimum atomic E-state index is -0.154. The lowest BCUT2D eigenvalue weighted by molar-refractivity contribution is -0.145. The maximum absolute atomic E-state index is 12.0. The zero-order valence-corrected chi connectivity index (χ0v) is 11.8. The summed E-state index contributed by atoms with van der Waals surface area (Å²) in [5.41, 5.74) is 1.89. The van der Waals surface area contributed by atoms with Crippen molar-refractivity contribution in [2.24, 2.45) is 5.92 Å². The highest BCUT2D eigenvalue weighted by Gasteiger charge is 2.14. The second-order valence-corrected chi connectivity index (χ2v) is 4.99. The molecule has 2 rings (SSSR count). The Hall–Kier alpha value is -1.77. The van der Waals surface area contributed by atoms with Crippen LogP contribution in [0.5, 0.6) is 0 Å². The van der Waals surface area contributed by atoms with Gasteiger partial charge >= 0.3 is 5.97 Å². The van der Waals surface area contributed by atoms with Crippen molar-refractivity contribution in [1.82, 2.24) is 4.73 Å². The quantitative estimate of drug-likeness (QED) is 0.819. The van der Waals surface area contributed by atoms with E-state index in [0.29, 0.717) is 12.3 Å². The van der Waals surface area contributed by atoms with Gasteiger partial charge in [-0.1, -0.05) is 44.9 Å². The van der Waals surface area contributed by atoms with Gasteiger partial charge in [0.1, 0.15) is 0 Å². The van der Waals surface area contributed by atoms with Gasteiger partial charge in [0.2, 0.25) is 0 Å².